The number of phosphoric acid groups is 1. The number of nitro benzene ring substituents is 1. The molecule has 7 nitrogen and oxygen atoms in total. The Hall–Kier alpha value is -1.63. The molecule has 2 aromatic carbocycles. The van der Waals surface area contributed by atoms with E-state index in [1.807, 2.05) is 0 Å². The monoisotopic (exact) mass is 403 g/mol. The Labute approximate surface area is 153 Å². The summed E-state index contributed by atoms with van der Waals surface area (Å²) in [5.74, 6) is 0.125. The van der Waals surface area contributed by atoms with Gasteiger partial charge in [0.15, 0.2) is 0 Å². The minimum Gasteiger partial charge on any atom is -0.404 e. The number of nitro groups is 1. The fraction of sp³-hybridized carbons (Fsp3) is 0.200. The maximum Gasteiger partial charge on any atom is 0.530 e. The number of benzene rings is 2. The Bertz CT molecular complexity index is 824. The van der Waals surface area contributed by atoms with Crippen LogP contribution in [0.15, 0.2) is 42.5 Å². The molecule has 10 heteroatoms. The third-order valence-corrected chi connectivity index (χ3v) is 5.58. The topological polar surface area (TPSA) is 87.9 Å². The van der Waals surface area contributed by atoms with Crippen LogP contribution in [0.5, 0.6) is 5.75 Å². The molecule has 1 heterocycles. The summed E-state index contributed by atoms with van der Waals surface area (Å²) in [5, 5.41) is 11.4. The molecule has 1 aliphatic heterocycles. The summed E-state index contributed by atoms with van der Waals surface area (Å²) in [7, 11) is -3.92. The van der Waals surface area contributed by atoms with Gasteiger partial charge < -0.3 is 4.52 Å². The first-order chi connectivity index (χ1) is 11.9. The van der Waals surface area contributed by atoms with Crippen molar-refractivity contribution in [1.82, 2.24) is 0 Å². The van der Waals surface area contributed by atoms with E-state index in [9.17, 15) is 14.7 Å². The highest BCUT2D eigenvalue weighted by atomic mass is 35.5. The molecule has 0 bridgehead atoms. The molecular formula is C15H12Cl2NO6P. The Morgan fingerprint density at radius 1 is 1.16 bits per heavy atom. The first kappa shape index (κ1) is 18.2. The van der Waals surface area contributed by atoms with Gasteiger partial charge in [0, 0.05) is 34.2 Å². The quantitative estimate of drug-likeness (QED) is 0.376. The molecule has 0 radical (unpaired) electrons. The number of phosphoric ester groups is 1. The molecule has 1 aliphatic rings. The molecule has 0 aliphatic carbocycles. The minimum absolute atomic E-state index is 0.114. The molecule has 25 heavy (non-hydrogen) atoms. The zero-order valence-corrected chi connectivity index (χ0v) is 15.0. The third kappa shape index (κ3) is 4.14. The number of hydrogen-bond donors (Lipinski definition) is 0. The van der Waals surface area contributed by atoms with Crippen molar-refractivity contribution in [2.45, 2.75) is 12.5 Å². The standard InChI is InChI=1S/C15H12Cl2NO6P/c16-12-2-1-3-13(17)15(12)14-8-9-22-25(21,24-14)23-11-6-4-10(5-7-11)18(19)20/h1-7,14H,8-9H2/t14-,25-/m0/s1. The summed E-state index contributed by atoms with van der Waals surface area (Å²) in [6, 6.07) is 10.1. The molecule has 1 fully saturated rings. The van der Waals surface area contributed by atoms with Gasteiger partial charge in [-0.25, -0.2) is 4.57 Å². The van der Waals surface area contributed by atoms with Crippen LogP contribution in [0.1, 0.15) is 18.1 Å². The molecule has 2 aromatic rings. The summed E-state index contributed by atoms with van der Waals surface area (Å²) < 4.78 is 28.7. The van der Waals surface area contributed by atoms with Gasteiger partial charge in [-0.2, -0.15) is 0 Å². The highest BCUT2D eigenvalue weighted by Gasteiger charge is 2.39. The predicted octanol–water partition coefficient (Wildman–Crippen LogP) is 5.57. The van der Waals surface area contributed by atoms with E-state index >= 15 is 0 Å². The van der Waals surface area contributed by atoms with Crippen LogP contribution in [0, 0.1) is 10.1 Å². The second kappa shape index (κ2) is 7.32. The van der Waals surface area contributed by atoms with Crippen molar-refractivity contribution in [3.63, 3.8) is 0 Å². The van der Waals surface area contributed by atoms with Gasteiger partial charge in [-0.3, -0.25) is 19.2 Å². The molecule has 0 amide bonds. The normalized spacial score (nSPS) is 23.2. The first-order valence-corrected chi connectivity index (χ1v) is 9.40. The van der Waals surface area contributed by atoms with Gasteiger partial charge in [0.05, 0.1) is 11.5 Å². The van der Waals surface area contributed by atoms with E-state index in [2.05, 4.69) is 0 Å². The smallest absolute Gasteiger partial charge is 0.404 e. The molecule has 0 spiro atoms. The van der Waals surface area contributed by atoms with Crippen LogP contribution in [-0.2, 0) is 13.6 Å². The van der Waals surface area contributed by atoms with Gasteiger partial charge in [0.25, 0.3) is 5.69 Å². The molecule has 132 valence electrons. The van der Waals surface area contributed by atoms with Crippen LogP contribution in [0.3, 0.4) is 0 Å². The first-order valence-electron chi connectivity index (χ1n) is 7.19. The number of hydrogen-bond acceptors (Lipinski definition) is 6. The van der Waals surface area contributed by atoms with Crippen LogP contribution < -0.4 is 4.52 Å². The lowest BCUT2D eigenvalue weighted by molar-refractivity contribution is -0.384. The van der Waals surface area contributed by atoms with Crippen molar-refractivity contribution >= 4 is 36.7 Å². The number of non-ortho nitro benzene ring substituents is 1. The van der Waals surface area contributed by atoms with E-state index in [1.165, 1.54) is 24.3 Å². The van der Waals surface area contributed by atoms with Crippen LogP contribution in [0.4, 0.5) is 5.69 Å². The average molecular weight is 404 g/mol. The Kier molecular flexibility index (Phi) is 5.32. The molecule has 0 aromatic heterocycles. The maximum atomic E-state index is 12.7. The van der Waals surface area contributed by atoms with E-state index < -0.39 is 18.8 Å². The lowest BCUT2D eigenvalue weighted by atomic mass is 10.1. The fourth-order valence-electron chi connectivity index (χ4n) is 2.33. The van der Waals surface area contributed by atoms with Gasteiger partial charge in [-0.15, -0.1) is 0 Å². The summed E-state index contributed by atoms with van der Waals surface area (Å²) in [6.07, 6.45) is -0.254. The molecule has 3 rings (SSSR count). The SMILES string of the molecule is O=[N+]([O-])c1ccc(O[P@]2(=O)OCC[C@@H](c3c(Cl)cccc3Cl)O2)cc1. The summed E-state index contributed by atoms with van der Waals surface area (Å²) >= 11 is 12.3. The van der Waals surface area contributed by atoms with Crippen molar-refractivity contribution in [3.8, 4) is 5.75 Å². The van der Waals surface area contributed by atoms with Crippen molar-refractivity contribution in [1.29, 1.82) is 0 Å². The lowest BCUT2D eigenvalue weighted by Crippen LogP contribution is -2.17. The number of rotatable bonds is 4. The van der Waals surface area contributed by atoms with E-state index in [4.69, 9.17) is 36.8 Å². The second-order valence-electron chi connectivity index (χ2n) is 5.14. The minimum atomic E-state index is -3.92. The van der Waals surface area contributed by atoms with Gasteiger partial charge in [-0.1, -0.05) is 29.3 Å². The second-order valence-corrected chi connectivity index (χ2v) is 7.50. The molecule has 1 saturated heterocycles. The van der Waals surface area contributed by atoms with E-state index in [-0.39, 0.29) is 18.0 Å². The highest BCUT2D eigenvalue weighted by molar-refractivity contribution is 7.49. The van der Waals surface area contributed by atoms with Crippen molar-refractivity contribution in [3.05, 3.63) is 68.2 Å². The largest absolute Gasteiger partial charge is 0.530 e. The van der Waals surface area contributed by atoms with Gasteiger partial charge in [-0.05, 0) is 24.3 Å². The lowest BCUT2D eigenvalue weighted by Gasteiger charge is -2.29. The Morgan fingerprint density at radius 3 is 2.40 bits per heavy atom. The van der Waals surface area contributed by atoms with Crippen molar-refractivity contribution < 1.29 is 23.1 Å². The zero-order chi connectivity index (χ0) is 18.0. The molecule has 0 saturated carbocycles. The van der Waals surface area contributed by atoms with Gasteiger partial charge in [0.1, 0.15) is 11.9 Å². The molecule has 0 N–H and O–H groups in total. The fourth-order valence-corrected chi connectivity index (χ4v) is 4.36. The van der Waals surface area contributed by atoms with Crippen LogP contribution in [0.2, 0.25) is 10.0 Å². The van der Waals surface area contributed by atoms with E-state index in [0.29, 0.717) is 22.0 Å². The molecule has 2 atom stereocenters. The Balaban J connectivity index is 1.80. The van der Waals surface area contributed by atoms with Crippen LogP contribution >= 0.6 is 31.0 Å². The van der Waals surface area contributed by atoms with Crippen LogP contribution in [0.25, 0.3) is 0 Å². The summed E-state index contributed by atoms with van der Waals surface area (Å²) in [5.41, 5.74) is 0.401. The zero-order valence-electron chi connectivity index (χ0n) is 12.6. The van der Waals surface area contributed by atoms with E-state index in [0.717, 1.165) is 0 Å². The van der Waals surface area contributed by atoms with Crippen molar-refractivity contribution in [2.75, 3.05) is 6.61 Å². The maximum absolute atomic E-state index is 12.7. The van der Waals surface area contributed by atoms with E-state index in [1.54, 1.807) is 18.2 Å². The summed E-state index contributed by atoms with van der Waals surface area (Å²) in [4.78, 5) is 10.1. The van der Waals surface area contributed by atoms with Crippen LogP contribution in [-0.4, -0.2) is 11.5 Å². The van der Waals surface area contributed by atoms with Gasteiger partial charge in [0.2, 0.25) is 0 Å². The molecule has 0 unspecified atom stereocenters. The average Bonchev–Trinajstić information content (AvgIpc) is 2.55. The summed E-state index contributed by atoms with van der Waals surface area (Å²) in [6.45, 7) is 0.122. The highest BCUT2D eigenvalue weighted by Crippen LogP contribution is 2.57. The third-order valence-electron chi connectivity index (χ3n) is 3.47. The van der Waals surface area contributed by atoms with Gasteiger partial charge >= 0.3 is 7.82 Å². The Morgan fingerprint density at radius 2 is 1.80 bits per heavy atom. The van der Waals surface area contributed by atoms with Crippen molar-refractivity contribution in [2.24, 2.45) is 0 Å². The number of halogens is 2. The predicted molar refractivity (Wildman–Crippen MR) is 92.2 cm³/mol. The molecular weight excluding hydrogens is 392 g/mol. The number of nitrogens with zero attached hydrogens (tertiary/aromatic N) is 1.